The fourth-order valence-electron chi connectivity index (χ4n) is 0.886. The first-order chi connectivity index (χ1) is 6.19. The summed E-state index contributed by atoms with van der Waals surface area (Å²) in [6.45, 7) is 0. The van der Waals surface area contributed by atoms with Gasteiger partial charge in [0.15, 0.2) is 0 Å². The number of aromatic nitrogens is 1. The molecule has 0 aromatic carbocycles. The summed E-state index contributed by atoms with van der Waals surface area (Å²) in [4.78, 5) is 3.72. The van der Waals surface area contributed by atoms with E-state index in [0.29, 0.717) is 0 Å². The second-order valence-corrected chi connectivity index (χ2v) is 2.31. The van der Waals surface area contributed by atoms with Crippen molar-refractivity contribution in [2.75, 3.05) is 7.11 Å². The van der Waals surface area contributed by atoms with Gasteiger partial charge in [0.1, 0.15) is 6.07 Å². The molecule has 0 saturated heterocycles. The Labute approximate surface area is 75.4 Å². The lowest BCUT2D eigenvalue weighted by Crippen LogP contribution is -2.32. The third-order valence-corrected chi connectivity index (χ3v) is 1.48. The van der Waals surface area contributed by atoms with E-state index in [1.165, 1.54) is 19.4 Å². The maximum Gasteiger partial charge on any atom is 0.494 e. The van der Waals surface area contributed by atoms with Crippen LogP contribution in [-0.2, 0) is 0 Å². The van der Waals surface area contributed by atoms with Gasteiger partial charge < -0.3 is 14.8 Å². The molecule has 5 nitrogen and oxygen atoms in total. The van der Waals surface area contributed by atoms with Crippen molar-refractivity contribution < 1.29 is 14.8 Å². The molecule has 1 heterocycles. The molecule has 2 N–H and O–H groups in total. The quantitative estimate of drug-likeness (QED) is 0.546. The number of hydrogen-bond acceptors (Lipinski definition) is 5. The maximum atomic E-state index is 8.88. The SMILES string of the molecule is COc1ncc(C#N)cc1B(O)O. The topological polar surface area (TPSA) is 86.4 Å². The van der Waals surface area contributed by atoms with Crippen LogP contribution in [0.25, 0.3) is 0 Å². The van der Waals surface area contributed by atoms with E-state index >= 15 is 0 Å². The van der Waals surface area contributed by atoms with Gasteiger partial charge in [-0.25, -0.2) is 4.98 Å². The summed E-state index contributed by atoms with van der Waals surface area (Å²) in [5.74, 6) is 0.106. The molecule has 0 radical (unpaired) electrons. The van der Waals surface area contributed by atoms with Crippen LogP contribution in [0.4, 0.5) is 0 Å². The fourth-order valence-corrected chi connectivity index (χ4v) is 0.886. The van der Waals surface area contributed by atoms with E-state index < -0.39 is 7.12 Å². The van der Waals surface area contributed by atoms with Crippen LogP contribution in [0.1, 0.15) is 5.56 Å². The molecule has 0 aliphatic rings. The summed E-state index contributed by atoms with van der Waals surface area (Å²) >= 11 is 0. The Balaban J connectivity index is 3.20. The molecule has 6 heteroatoms. The first-order valence-electron chi connectivity index (χ1n) is 3.49. The van der Waals surface area contributed by atoms with Gasteiger partial charge in [0, 0.05) is 11.7 Å². The minimum absolute atomic E-state index is 0.0848. The summed E-state index contributed by atoms with van der Waals surface area (Å²) in [7, 11) is -0.323. The highest BCUT2D eigenvalue weighted by Crippen LogP contribution is 2.03. The van der Waals surface area contributed by atoms with Crippen molar-refractivity contribution in [1.82, 2.24) is 4.98 Å². The monoisotopic (exact) mass is 178 g/mol. The van der Waals surface area contributed by atoms with Crippen molar-refractivity contribution in [2.45, 2.75) is 0 Å². The molecule has 1 aromatic rings. The highest BCUT2D eigenvalue weighted by Gasteiger charge is 2.18. The predicted molar refractivity (Wildman–Crippen MR) is 45.3 cm³/mol. The van der Waals surface area contributed by atoms with E-state index in [2.05, 4.69) is 4.98 Å². The molecule has 13 heavy (non-hydrogen) atoms. The molecule has 0 bridgehead atoms. The van der Waals surface area contributed by atoms with Crippen LogP contribution in [0, 0.1) is 11.3 Å². The fraction of sp³-hybridized carbons (Fsp3) is 0.143. The molecule has 0 aliphatic heterocycles. The van der Waals surface area contributed by atoms with Gasteiger partial charge in [-0.15, -0.1) is 0 Å². The zero-order valence-corrected chi connectivity index (χ0v) is 6.93. The van der Waals surface area contributed by atoms with E-state index in [4.69, 9.17) is 20.0 Å². The van der Waals surface area contributed by atoms with E-state index in [9.17, 15) is 0 Å². The number of nitriles is 1. The van der Waals surface area contributed by atoms with Crippen molar-refractivity contribution in [3.8, 4) is 11.9 Å². The number of rotatable bonds is 2. The number of nitrogens with zero attached hydrogens (tertiary/aromatic N) is 2. The molecular formula is C7H7BN2O3. The predicted octanol–water partition coefficient (Wildman–Crippen LogP) is -1.36. The Morgan fingerprint density at radius 2 is 2.31 bits per heavy atom. The summed E-state index contributed by atoms with van der Waals surface area (Å²) in [6.07, 6.45) is 1.30. The lowest BCUT2D eigenvalue weighted by Gasteiger charge is -2.05. The Kier molecular flexibility index (Phi) is 2.85. The van der Waals surface area contributed by atoms with Gasteiger partial charge in [-0.2, -0.15) is 5.26 Å². The molecule has 0 aliphatic carbocycles. The van der Waals surface area contributed by atoms with Crippen LogP contribution in [-0.4, -0.2) is 29.3 Å². The van der Waals surface area contributed by atoms with E-state index in [-0.39, 0.29) is 16.9 Å². The number of pyridine rings is 1. The largest absolute Gasteiger partial charge is 0.494 e. The molecule has 0 atom stereocenters. The van der Waals surface area contributed by atoms with Gasteiger partial charge in [0.25, 0.3) is 0 Å². The standard InChI is InChI=1S/C7H7BN2O3/c1-13-7-6(8(11)12)2-5(3-9)4-10-7/h2,4,11-12H,1H3. The average molecular weight is 178 g/mol. The van der Waals surface area contributed by atoms with Crippen LogP contribution in [0.3, 0.4) is 0 Å². The first kappa shape index (κ1) is 9.51. The van der Waals surface area contributed by atoms with Crippen molar-refractivity contribution in [1.29, 1.82) is 5.26 Å². The summed E-state index contributed by atoms with van der Waals surface area (Å²) in [5, 5.41) is 26.3. The van der Waals surface area contributed by atoms with Gasteiger partial charge in [-0.05, 0) is 6.07 Å². The second kappa shape index (κ2) is 3.89. The van der Waals surface area contributed by atoms with Crippen LogP contribution < -0.4 is 10.2 Å². The summed E-state index contributed by atoms with van der Waals surface area (Å²) < 4.78 is 4.77. The Hall–Kier alpha value is -1.58. The molecule has 0 saturated carbocycles. The third kappa shape index (κ3) is 1.96. The van der Waals surface area contributed by atoms with Crippen molar-refractivity contribution in [3.05, 3.63) is 17.8 Å². The van der Waals surface area contributed by atoms with E-state index in [1.807, 2.05) is 6.07 Å². The molecule has 1 aromatic heterocycles. The van der Waals surface area contributed by atoms with E-state index in [0.717, 1.165) is 0 Å². The van der Waals surface area contributed by atoms with E-state index in [1.54, 1.807) is 0 Å². The second-order valence-electron chi connectivity index (χ2n) is 2.31. The van der Waals surface area contributed by atoms with Crippen molar-refractivity contribution >= 4 is 12.6 Å². The van der Waals surface area contributed by atoms with Crippen LogP contribution in [0.15, 0.2) is 12.3 Å². The molecule has 0 spiro atoms. The average Bonchev–Trinajstić information content (AvgIpc) is 2.16. The Morgan fingerprint density at radius 1 is 1.62 bits per heavy atom. The smallest absolute Gasteiger partial charge is 0.481 e. The molecule has 0 fully saturated rings. The molecule has 0 unspecified atom stereocenters. The normalized spacial score (nSPS) is 9.08. The minimum atomic E-state index is -1.68. The Bertz CT molecular complexity index is 348. The number of hydrogen-bond donors (Lipinski definition) is 2. The van der Waals surface area contributed by atoms with Gasteiger partial charge >= 0.3 is 7.12 Å². The number of methoxy groups -OCH3 is 1. The molecular weight excluding hydrogens is 171 g/mol. The zero-order valence-electron chi connectivity index (χ0n) is 6.93. The van der Waals surface area contributed by atoms with Gasteiger partial charge in [-0.1, -0.05) is 0 Å². The highest BCUT2D eigenvalue weighted by molar-refractivity contribution is 6.59. The van der Waals surface area contributed by atoms with Gasteiger partial charge in [0.2, 0.25) is 5.88 Å². The van der Waals surface area contributed by atoms with Crippen LogP contribution in [0.2, 0.25) is 0 Å². The van der Waals surface area contributed by atoms with Crippen LogP contribution in [0.5, 0.6) is 5.88 Å². The summed E-state index contributed by atoms with van der Waals surface area (Å²) in [5.41, 5.74) is 0.338. The zero-order chi connectivity index (χ0) is 9.84. The maximum absolute atomic E-state index is 8.88. The van der Waals surface area contributed by atoms with Crippen molar-refractivity contribution in [2.24, 2.45) is 0 Å². The third-order valence-electron chi connectivity index (χ3n) is 1.48. The summed E-state index contributed by atoms with van der Waals surface area (Å²) in [6, 6.07) is 3.15. The highest BCUT2D eigenvalue weighted by atomic mass is 16.5. The first-order valence-corrected chi connectivity index (χ1v) is 3.49. The Morgan fingerprint density at radius 3 is 2.77 bits per heavy atom. The molecule has 0 amide bonds. The lowest BCUT2D eigenvalue weighted by molar-refractivity contribution is 0.391. The molecule has 1 rings (SSSR count). The van der Waals surface area contributed by atoms with Crippen molar-refractivity contribution in [3.63, 3.8) is 0 Å². The number of ether oxygens (including phenoxy) is 1. The van der Waals surface area contributed by atoms with Crippen LogP contribution >= 0.6 is 0 Å². The van der Waals surface area contributed by atoms with Gasteiger partial charge in [-0.3, -0.25) is 0 Å². The minimum Gasteiger partial charge on any atom is -0.481 e. The molecule has 66 valence electrons. The van der Waals surface area contributed by atoms with Gasteiger partial charge in [0.05, 0.1) is 12.7 Å². The lowest BCUT2D eigenvalue weighted by atomic mass is 9.80.